The van der Waals surface area contributed by atoms with Gasteiger partial charge in [0.05, 0.1) is 0 Å². The molecule has 0 aliphatic heterocycles. The van der Waals surface area contributed by atoms with E-state index in [9.17, 15) is 4.79 Å². The normalized spacial score (nSPS) is 11.4. The molecule has 0 bridgehead atoms. The lowest BCUT2D eigenvalue weighted by Crippen LogP contribution is -2.22. The van der Waals surface area contributed by atoms with Gasteiger partial charge < -0.3 is 14.3 Å². The maximum atomic E-state index is 10.9. The second-order valence-corrected chi connectivity index (χ2v) is 5.47. The van der Waals surface area contributed by atoms with Crippen molar-refractivity contribution < 1.29 is 19.1 Å². The summed E-state index contributed by atoms with van der Waals surface area (Å²) in [7, 11) is 0. The summed E-state index contributed by atoms with van der Waals surface area (Å²) >= 11 is 0. The van der Waals surface area contributed by atoms with Crippen molar-refractivity contribution in [2.75, 3.05) is 0 Å². The minimum atomic E-state index is -1.09. The van der Waals surface area contributed by atoms with Crippen LogP contribution in [0.5, 0.6) is 5.75 Å². The SMILES string of the molecule is Cc1oc(-c2ccc(OC(C)(C)C)cc2)nc1C(=O)O. The molecular formula is C15H17NO4. The predicted molar refractivity (Wildman–Crippen MR) is 74.0 cm³/mol. The van der Waals surface area contributed by atoms with E-state index < -0.39 is 5.97 Å². The number of nitrogens with zero attached hydrogens (tertiary/aromatic N) is 1. The first-order valence-corrected chi connectivity index (χ1v) is 6.26. The quantitative estimate of drug-likeness (QED) is 0.927. The third kappa shape index (κ3) is 3.17. The minimum Gasteiger partial charge on any atom is -0.488 e. The van der Waals surface area contributed by atoms with Crippen LogP contribution in [0.25, 0.3) is 11.5 Å². The van der Waals surface area contributed by atoms with Gasteiger partial charge in [0.2, 0.25) is 5.89 Å². The topological polar surface area (TPSA) is 72.6 Å². The third-order valence-corrected chi connectivity index (χ3v) is 2.52. The van der Waals surface area contributed by atoms with Gasteiger partial charge in [-0.05, 0) is 52.0 Å². The largest absolute Gasteiger partial charge is 0.488 e. The first kappa shape index (κ1) is 14.1. The van der Waals surface area contributed by atoms with Crippen molar-refractivity contribution in [3.05, 3.63) is 35.7 Å². The van der Waals surface area contributed by atoms with E-state index in [-0.39, 0.29) is 11.3 Å². The van der Waals surface area contributed by atoms with Crippen LogP contribution in [0.1, 0.15) is 37.0 Å². The molecule has 0 aliphatic rings. The fourth-order valence-corrected chi connectivity index (χ4v) is 1.74. The van der Waals surface area contributed by atoms with Gasteiger partial charge in [-0.3, -0.25) is 0 Å². The van der Waals surface area contributed by atoms with Crippen LogP contribution in [-0.2, 0) is 0 Å². The van der Waals surface area contributed by atoms with Gasteiger partial charge in [-0.2, -0.15) is 0 Å². The Labute approximate surface area is 117 Å². The molecule has 0 amide bonds. The smallest absolute Gasteiger partial charge is 0.358 e. The average molecular weight is 275 g/mol. The molecule has 0 spiro atoms. The Morgan fingerprint density at radius 3 is 2.30 bits per heavy atom. The van der Waals surface area contributed by atoms with Gasteiger partial charge in [0.15, 0.2) is 5.69 Å². The van der Waals surface area contributed by atoms with E-state index in [4.69, 9.17) is 14.3 Å². The molecule has 0 aliphatic carbocycles. The molecule has 1 heterocycles. The number of hydrogen-bond acceptors (Lipinski definition) is 4. The highest BCUT2D eigenvalue weighted by molar-refractivity contribution is 5.87. The highest BCUT2D eigenvalue weighted by Crippen LogP contribution is 2.25. The summed E-state index contributed by atoms with van der Waals surface area (Å²) in [5.74, 6) is 0.234. The molecule has 0 saturated carbocycles. The Bertz CT molecular complexity index is 620. The number of carboxylic acids is 1. The minimum absolute atomic E-state index is 0.0602. The molecule has 0 unspecified atom stereocenters. The van der Waals surface area contributed by atoms with E-state index in [1.54, 1.807) is 31.2 Å². The molecule has 2 rings (SSSR count). The Morgan fingerprint density at radius 2 is 1.85 bits per heavy atom. The van der Waals surface area contributed by atoms with Crippen molar-refractivity contribution in [1.82, 2.24) is 4.98 Å². The predicted octanol–water partition coefficient (Wildman–Crippen LogP) is 3.53. The van der Waals surface area contributed by atoms with Crippen LogP contribution in [0.3, 0.4) is 0 Å². The molecule has 0 saturated heterocycles. The lowest BCUT2D eigenvalue weighted by atomic mass is 10.1. The number of carbonyl (C=O) groups is 1. The molecule has 5 nitrogen and oxygen atoms in total. The zero-order chi connectivity index (χ0) is 14.9. The number of benzene rings is 1. The summed E-state index contributed by atoms with van der Waals surface area (Å²) in [6, 6.07) is 7.19. The highest BCUT2D eigenvalue weighted by Gasteiger charge is 2.17. The van der Waals surface area contributed by atoms with E-state index >= 15 is 0 Å². The third-order valence-electron chi connectivity index (χ3n) is 2.52. The van der Waals surface area contributed by atoms with E-state index in [0.717, 1.165) is 5.75 Å². The first-order valence-electron chi connectivity index (χ1n) is 6.26. The summed E-state index contributed by atoms with van der Waals surface area (Å²) in [5.41, 5.74) is 0.384. The number of ether oxygens (including phenoxy) is 1. The number of oxazole rings is 1. The second-order valence-electron chi connectivity index (χ2n) is 5.47. The zero-order valence-electron chi connectivity index (χ0n) is 11.9. The molecule has 106 valence electrons. The van der Waals surface area contributed by atoms with Crippen LogP contribution in [0.2, 0.25) is 0 Å². The fraction of sp³-hybridized carbons (Fsp3) is 0.333. The maximum absolute atomic E-state index is 10.9. The zero-order valence-corrected chi connectivity index (χ0v) is 11.9. The van der Waals surface area contributed by atoms with Crippen LogP contribution in [0.4, 0.5) is 0 Å². The molecule has 1 aromatic carbocycles. The van der Waals surface area contributed by atoms with Crippen molar-refractivity contribution in [3.8, 4) is 17.2 Å². The van der Waals surface area contributed by atoms with Gasteiger partial charge >= 0.3 is 5.97 Å². The molecule has 2 aromatic rings. The number of aromatic carboxylic acids is 1. The summed E-state index contributed by atoms with van der Waals surface area (Å²) in [5, 5.41) is 8.96. The summed E-state index contributed by atoms with van der Waals surface area (Å²) in [6.07, 6.45) is 0. The number of hydrogen-bond donors (Lipinski definition) is 1. The number of rotatable bonds is 3. The van der Waals surface area contributed by atoms with Gasteiger partial charge in [0.25, 0.3) is 0 Å². The van der Waals surface area contributed by atoms with E-state index in [1.165, 1.54) is 0 Å². The monoisotopic (exact) mass is 275 g/mol. The fourth-order valence-electron chi connectivity index (χ4n) is 1.74. The molecule has 5 heteroatoms. The summed E-state index contributed by atoms with van der Waals surface area (Å²) in [4.78, 5) is 14.9. The lowest BCUT2D eigenvalue weighted by Gasteiger charge is -2.21. The summed E-state index contributed by atoms with van der Waals surface area (Å²) < 4.78 is 11.1. The van der Waals surface area contributed by atoms with Crippen LogP contribution in [0, 0.1) is 6.92 Å². The molecule has 0 atom stereocenters. The summed E-state index contributed by atoms with van der Waals surface area (Å²) in [6.45, 7) is 7.49. The van der Waals surface area contributed by atoms with Crippen LogP contribution in [-0.4, -0.2) is 21.7 Å². The average Bonchev–Trinajstić information content (AvgIpc) is 2.70. The van der Waals surface area contributed by atoms with Gasteiger partial charge in [-0.25, -0.2) is 9.78 Å². The Kier molecular flexibility index (Phi) is 3.53. The van der Waals surface area contributed by atoms with Crippen LogP contribution in [0.15, 0.2) is 28.7 Å². The van der Waals surface area contributed by atoms with Gasteiger partial charge in [0, 0.05) is 5.56 Å². The highest BCUT2D eigenvalue weighted by atomic mass is 16.5. The van der Waals surface area contributed by atoms with Gasteiger partial charge in [0.1, 0.15) is 17.1 Å². The van der Waals surface area contributed by atoms with Gasteiger partial charge in [-0.15, -0.1) is 0 Å². The number of carboxylic acid groups (broad SMARTS) is 1. The van der Waals surface area contributed by atoms with Crippen molar-refractivity contribution in [1.29, 1.82) is 0 Å². The van der Waals surface area contributed by atoms with Crippen molar-refractivity contribution in [2.24, 2.45) is 0 Å². The second kappa shape index (κ2) is 5.00. The standard InChI is InChI=1S/C15H17NO4/c1-9-12(14(17)18)16-13(19-9)10-5-7-11(8-6-10)20-15(2,3)4/h5-8H,1-4H3,(H,17,18). The lowest BCUT2D eigenvalue weighted by molar-refractivity contribution is 0.0689. The maximum Gasteiger partial charge on any atom is 0.358 e. The van der Waals surface area contributed by atoms with Crippen molar-refractivity contribution in [3.63, 3.8) is 0 Å². The van der Waals surface area contributed by atoms with Gasteiger partial charge in [-0.1, -0.05) is 0 Å². The number of aromatic nitrogens is 1. The molecule has 0 radical (unpaired) electrons. The van der Waals surface area contributed by atoms with Crippen molar-refractivity contribution >= 4 is 5.97 Å². The Hall–Kier alpha value is -2.30. The molecule has 1 aromatic heterocycles. The van der Waals surface area contributed by atoms with E-state index in [0.29, 0.717) is 17.2 Å². The Morgan fingerprint density at radius 1 is 1.25 bits per heavy atom. The molecule has 1 N–H and O–H groups in total. The van der Waals surface area contributed by atoms with E-state index in [1.807, 2.05) is 20.8 Å². The van der Waals surface area contributed by atoms with Crippen LogP contribution < -0.4 is 4.74 Å². The molecule has 0 fully saturated rings. The Balaban J connectivity index is 2.26. The van der Waals surface area contributed by atoms with Crippen molar-refractivity contribution in [2.45, 2.75) is 33.3 Å². The first-order chi connectivity index (χ1) is 9.26. The molecule has 20 heavy (non-hydrogen) atoms. The molecular weight excluding hydrogens is 258 g/mol. The van der Waals surface area contributed by atoms with E-state index in [2.05, 4.69) is 4.98 Å². The van der Waals surface area contributed by atoms with Crippen LogP contribution >= 0.6 is 0 Å². The number of aryl methyl sites for hydroxylation is 1.